The number of nitrogens with one attached hydrogen (secondary N) is 2. The molecular formula is C14H20N2O. The molecule has 0 aliphatic carbocycles. The van der Waals surface area contributed by atoms with Crippen LogP contribution in [0.2, 0.25) is 0 Å². The molecule has 0 saturated carbocycles. The lowest BCUT2D eigenvalue weighted by Crippen LogP contribution is -2.43. The van der Waals surface area contributed by atoms with E-state index in [1.807, 2.05) is 12.1 Å². The van der Waals surface area contributed by atoms with Crippen LogP contribution in [0.4, 0.5) is 5.69 Å². The molecule has 2 fully saturated rings. The molecule has 2 unspecified atom stereocenters. The molecule has 2 saturated heterocycles. The zero-order chi connectivity index (χ0) is 11.7. The molecular weight excluding hydrogens is 212 g/mol. The standard InChI is InChI=1S/C14H20N2O/c1-17-14-5-3-2-4-13(14)16-12-8-10-6-7-11(9-12)15-10/h2-5,10-12,15-16H,6-9H2,1H3. The van der Waals surface area contributed by atoms with E-state index >= 15 is 0 Å². The Labute approximate surface area is 103 Å². The summed E-state index contributed by atoms with van der Waals surface area (Å²) in [7, 11) is 1.73. The van der Waals surface area contributed by atoms with Gasteiger partial charge in [-0.25, -0.2) is 0 Å². The molecule has 2 bridgehead atoms. The molecule has 0 radical (unpaired) electrons. The van der Waals surface area contributed by atoms with E-state index in [1.165, 1.54) is 25.7 Å². The van der Waals surface area contributed by atoms with Gasteiger partial charge in [-0.05, 0) is 37.8 Å². The molecule has 2 aliphatic rings. The van der Waals surface area contributed by atoms with Gasteiger partial charge in [0.1, 0.15) is 5.75 Å². The fraction of sp³-hybridized carbons (Fsp3) is 0.571. The summed E-state index contributed by atoms with van der Waals surface area (Å²) < 4.78 is 5.38. The summed E-state index contributed by atoms with van der Waals surface area (Å²) in [5.74, 6) is 0.943. The second-order valence-corrected chi connectivity index (χ2v) is 5.15. The van der Waals surface area contributed by atoms with Crippen molar-refractivity contribution in [1.82, 2.24) is 5.32 Å². The fourth-order valence-electron chi connectivity index (χ4n) is 3.16. The van der Waals surface area contributed by atoms with Crippen LogP contribution in [-0.2, 0) is 0 Å². The maximum atomic E-state index is 5.38. The monoisotopic (exact) mass is 232 g/mol. The molecule has 3 heteroatoms. The maximum absolute atomic E-state index is 5.38. The first-order valence-electron chi connectivity index (χ1n) is 6.51. The normalized spacial score (nSPS) is 31.2. The molecule has 2 aliphatic heterocycles. The molecule has 2 N–H and O–H groups in total. The summed E-state index contributed by atoms with van der Waals surface area (Å²) in [5, 5.41) is 7.30. The van der Waals surface area contributed by atoms with Gasteiger partial charge < -0.3 is 15.4 Å². The molecule has 3 rings (SSSR count). The van der Waals surface area contributed by atoms with Gasteiger partial charge in [-0.1, -0.05) is 12.1 Å². The van der Waals surface area contributed by atoms with E-state index in [1.54, 1.807) is 7.11 Å². The summed E-state index contributed by atoms with van der Waals surface area (Å²) in [6.45, 7) is 0. The largest absolute Gasteiger partial charge is 0.495 e. The first-order chi connectivity index (χ1) is 8.35. The Bertz CT molecular complexity index is 382. The highest BCUT2D eigenvalue weighted by molar-refractivity contribution is 5.56. The highest BCUT2D eigenvalue weighted by Crippen LogP contribution is 2.31. The number of para-hydroxylation sites is 2. The number of methoxy groups -OCH3 is 1. The lowest BCUT2D eigenvalue weighted by molar-refractivity contribution is 0.375. The minimum absolute atomic E-state index is 0.588. The summed E-state index contributed by atoms with van der Waals surface area (Å²) >= 11 is 0. The number of ether oxygens (including phenoxy) is 1. The van der Waals surface area contributed by atoms with Gasteiger partial charge in [0, 0.05) is 18.1 Å². The van der Waals surface area contributed by atoms with Crippen molar-refractivity contribution in [1.29, 1.82) is 0 Å². The highest BCUT2D eigenvalue weighted by Gasteiger charge is 2.33. The number of rotatable bonds is 3. The van der Waals surface area contributed by atoms with Gasteiger partial charge in [-0.3, -0.25) is 0 Å². The van der Waals surface area contributed by atoms with Crippen molar-refractivity contribution >= 4 is 5.69 Å². The van der Waals surface area contributed by atoms with Crippen LogP contribution in [0.5, 0.6) is 5.75 Å². The third kappa shape index (κ3) is 2.25. The third-order valence-corrected chi connectivity index (χ3v) is 3.94. The fourth-order valence-corrected chi connectivity index (χ4v) is 3.16. The van der Waals surface area contributed by atoms with Crippen molar-refractivity contribution < 1.29 is 4.74 Å². The van der Waals surface area contributed by atoms with Crippen LogP contribution in [0, 0.1) is 0 Å². The summed E-state index contributed by atoms with van der Waals surface area (Å²) in [4.78, 5) is 0. The van der Waals surface area contributed by atoms with Crippen LogP contribution in [0.3, 0.4) is 0 Å². The predicted octanol–water partition coefficient (Wildman–Crippen LogP) is 2.39. The molecule has 3 nitrogen and oxygen atoms in total. The van der Waals surface area contributed by atoms with E-state index in [4.69, 9.17) is 4.74 Å². The molecule has 2 atom stereocenters. The van der Waals surface area contributed by atoms with Crippen LogP contribution in [0.1, 0.15) is 25.7 Å². The SMILES string of the molecule is COc1ccccc1NC1CC2CCC(C1)N2. The Morgan fingerprint density at radius 1 is 1.18 bits per heavy atom. The van der Waals surface area contributed by atoms with Gasteiger partial charge >= 0.3 is 0 Å². The molecule has 0 spiro atoms. The minimum atomic E-state index is 0.588. The van der Waals surface area contributed by atoms with E-state index < -0.39 is 0 Å². The van der Waals surface area contributed by atoms with Crippen LogP contribution in [0.15, 0.2) is 24.3 Å². The third-order valence-electron chi connectivity index (χ3n) is 3.94. The van der Waals surface area contributed by atoms with Crippen molar-refractivity contribution in [2.45, 2.75) is 43.8 Å². The Hall–Kier alpha value is -1.22. The first-order valence-corrected chi connectivity index (χ1v) is 6.51. The number of piperidine rings is 1. The number of hydrogen-bond donors (Lipinski definition) is 2. The lowest BCUT2D eigenvalue weighted by Gasteiger charge is -2.30. The zero-order valence-electron chi connectivity index (χ0n) is 10.3. The zero-order valence-corrected chi connectivity index (χ0v) is 10.3. The van der Waals surface area contributed by atoms with Gasteiger partial charge in [-0.15, -0.1) is 0 Å². The molecule has 0 aromatic heterocycles. The summed E-state index contributed by atoms with van der Waals surface area (Å²) in [6, 6.07) is 10.2. The summed E-state index contributed by atoms with van der Waals surface area (Å²) in [6.07, 6.45) is 5.15. The smallest absolute Gasteiger partial charge is 0.141 e. The van der Waals surface area contributed by atoms with Crippen molar-refractivity contribution in [3.8, 4) is 5.75 Å². The number of anilines is 1. The van der Waals surface area contributed by atoms with Gasteiger partial charge in [-0.2, -0.15) is 0 Å². The van der Waals surface area contributed by atoms with E-state index in [0.717, 1.165) is 23.5 Å². The number of benzene rings is 1. The lowest BCUT2D eigenvalue weighted by atomic mass is 9.99. The molecule has 1 aromatic carbocycles. The Kier molecular flexibility index (Phi) is 2.93. The molecule has 1 aromatic rings. The van der Waals surface area contributed by atoms with Crippen LogP contribution in [0.25, 0.3) is 0 Å². The van der Waals surface area contributed by atoms with Gasteiger partial charge in [0.2, 0.25) is 0 Å². The van der Waals surface area contributed by atoms with E-state index in [2.05, 4.69) is 22.8 Å². The second kappa shape index (κ2) is 4.57. The molecule has 2 heterocycles. The van der Waals surface area contributed by atoms with Crippen LogP contribution < -0.4 is 15.4 Å². The van der Waals surface area contributed by atoms with E-state index in [9.17, 15) is 0 Å². The Morgan fingerprint density at radius 3 is 2.59 bits per heavy atom. The topological polar surface area (TPSA) is 33.3 Å². The molecule has 0 amide bonds. The highest BCUT2D eigenvalue weighted by atomic mass is 16.5. The maximum Gasteiger partial charge on any atom is 0.141 e. The molecule has 17 heavy (non-hydrogen) atoms. The van der Waals surface area contributed by atoms with Crippen LogP contribution >= 0.6 is 0 Å². The van der Waals surface area contributed by atoms with Crippen molar-refractivity contribution in [2.24, 2.45) is 0 Å². The quantitative estimate of drug-likeness (QED) is 0.839. The van der Waals surface area contributed by atoms with Gasteiger partial charge in [0.25, 0.3) is 0 Å². The van der Waals surface area contributed by atoms with Crippen molar-refractivity contribution in [2.75, 3.05) is 12.4 Å². The first kappa shape index (κ1) is 10.9. The van der Waals surface area contributed by atoms with E-state index in [0.29, 0.717) is 6.04 Å². The van der Waals surface area contributed by atoms with Crippen molar-refractivity contribution in [3.63, 3.8) is 0 Å². The van der Waals surface area contributed by atoms with E-state index in [-0.39, 0.29) is 0 Å². The second-order valence-electron chi connectivity index (χ2n) is 5.15. The van der Waals surface area contributed by atoms with Gasteiger partial charge in [0.15, 0.2) is 0 Å². The molecule has 92 valence electrons. The Morgan fingerprint density at radius 2 is 1.88 bits per heavy atom. The Balaban J connectivity index is 1.70. The minimum Gasteiger partial charge on any atom is -0.495 e. The number of hydrogen-bond acceptors (Lipinski definition) is 3. The number of fused-ring (bicyclic) bond motifs is 2. The van der Waals surface area contributed by atoms with Crippen molar-refractivity contribution in [3.05, 3.63) is 24.3 Å². The van der Waals surface area contributed by atoms with Gasteiger partial charge in [0.05, 0.1) is 12.8 Å². The predicted molar refractivity (Wildman–Crippen MR) is 69.6 cm³/mol. The summed E-state index contributed by atoms with van der Waals surface area (Å²) in [5.41, 5.74) is 1.13. The average molecular weight is 232 g/mol. The van der Waals surface area contributed by atoms with Crippen LogP contribution in [-0.4, -0.2) is 25.2 Å². The average Bonchev–Trinajstić information content (AvgIpc) is 2.69.